The van der Waals surface area contributed by atoms with E-state index in [1.54, 1.807) is 0 Å². The first kappa shape index (κ1) is 11.9. The van der Waals surface area contributed by atoms with Gasteiger partial charge in [-0.15, -0.1) is 0 Å². The van der Waals surface area contributed by atoms with Gasteiger partial charge in [0.1, 0.15) is 0 Å². The zero-order chi connectivity index (χ0) is 10.2. The normalized spacial score (nSPS) is 21.1. The van der Waals surface area contributed by atoms with Crippen molar-refractivity contribution in [2.24, 2.45) is 0 Å². The molecule has 1 unspecified atom stereocenters. The average molecular weight is 218 g/mol. The molecule has 1 atom stereocenters. The van der Waals surface area contributed by atoms with E-state index >= 15 is 0 Å². The molecule has 3 nitrogen and oxygen atoms in total. The lowest BCUT2D eigenvalue weighted by molar-refractivity contribution is -0.140. The summed E-state index contributed by atoms with van der Waals surface area (Å²) in [5, 5.41) is 0. The van der Waals surface area contributed by atoms with Gasteiger partial charge in [0.2, 0.25) is 0 Å². The standard InChI is InChI=1S/C10H18O3S/c1-12-10(11)5-3-7-14-8-9-4-2-6-13-9/h9H,2-8H2,1H3. The fraction of sp³-hybridized carbons (Fsp3) is 0.900. The zero-order valence-corrected chi connectivity index (χ0v) is 9.48. The number of esters is 1. The summed E-state index contributed by atoms with van der Waals surface area (Å²) in [6.45, 7) is 0.924. The van der Waals surface area contributed by atoms with Gasteiger partial charge in [0.25, 0.3) is 0 Å². The number of thioether (sulfide) groups is 1. The minimum absolute atomic E-state index is 0.109. The third-order valence-corrected chi connectivity index (χ3v) is 3.41. The Morgan fingerprint density at radius 3 is 3.14 bits per heavy atom. The zero-order valence-electron chi connectivity index (χ0n) is 8.66. The van der Waals surface area contributed by atoms with E-state index in [4.69, 9.17) is 4.74 Å². The van der Waals surface area contributed by atoms with Crippen LogP contribution >= 0.6 is 11.8 Å². The third-order valence-electron chi connectivity index (χ3n) is 2.22. The van der Waals surface area contributed by atoms with Crippen LogP contribution in [0, 0.1) is 0 Å². The van der Waals surface area contributed by atoms with Crippen LogP contribution in [0.1, 0.15) is 25.7 Å². The van der Waals surface area contributed by atoms with E-state index < -0.39 is 0 Å². The Bertz CT molecular complexity index is 167. The molecule has 0 aromatic carbocycles. The summed E-state index contributed by atoms with van der Waals surface area (Å²) in [6.07, 6.45) is 4.30. The van der Waals surface area contributed by atoms with E-state index in [0.717, 1.165) is 24.5 Å². The summed E-state index contributed by atoms with van der Waals surface area (Å²) in [7, 11) is 1.43. The molecule has 0 saturated carbocycles. The molecule has 82 valence electrons. The molecule has 14 heavy (non-hydrogen) atoms. The first-order chi connectivity index (χ1) is 6.83. The Hall–Kier alpha value is -0.220. The summed E-state index contributed by atoms with van der Waals surface area (Å²) in [6, 6.07) is 0. The van der Waals surface area contributed by atoms with Crippen LogP contribution in [0.4, 0.5) is 0 Å². The molecule has 1 rings (SSSR count). The van der Waals surface area contributed by atoms with Crippen LogP contribution in [-0.2, 0) is 14.3 Å². The summed E-state index contributed by atoms with van der Waals surface area (Å²) in [5.74, 6) is 1.98. The van der Waals surface area contributed by atoms with Crippen molar-refractivity contribution >= 4 is 17.7 Å². The van der Waals surface area contributed by atoms with Gasteiger partial charge in [0.15, 0.2) is 0 Å². The highest BCUT2D eigenvalue weighted by Crippen LogP contribution is 2.17. The second-order valence-corrected chi connectivity index (χ2v) is 4.54. The van der Waals surface area contributed by atoms with Gasteiger partial charge in [-0.1, -0.05) is 0 Å². The number of rotatable bonds is 6. The van der Waals surface area contributed by atoms with Crippen LogP contribution in [0.3, 0.4) is 0 Å². The number of methoxy groups -OCH3 is 1. The highest BCUT2D eigenvalue weighted by Gasteiger charge is 2.14. The molecule has 0 bridgehead atoms. The van der Waals surface area contributed by atoms with Crippen molar-refractivity contribution in [1.82, 2.24) is 0 Å². The third kappa shape index (κ3) is 4.86. The Balaban J connectivity index is 1.86. The lowest BCUT2D eigenvalue weighted by Crippen LogP contribution is -2.08. The molecule has 1 aliphatic rings. The maximum absolute atomic E-state index is 10.8. The molecular formula is C10H18O3S. The molecule has 1 saturated heterocycles. The molecule has 0 N–H and O–H groups in total. The van der Waals surface area contributed by atoms with E-state index in [9.17, 15) is 4.79 Å². The summed E-state index contributed by atoms with van der Waals surface area (Å²) in [4.78, 5) is 10.8. The van der Waals surface area contributed by atoms with E-state index in [0.29, 0.717) is 12.5 Å². The second kappa shape index (κ2) is 7.12. The van der Waals surface area contributed by atoms with Gasteiger partial charge in [-0.25, -0.2) is 0 Å². The van der Waals surface area contributed by atoms with Crippen LogP contribution in [0.25, 0.3) is 0 Å². The van der Waals surface area contributed by atoms with Crippen LogP contribution < -0.4 is 0 Å². The molecule has 1 fully saturated rings. The summed E-state index contributed by atoms with van der Waals surface area (Å²) >= 11 is 1.87. The van der Waals surface area contributed by atoms with Crippen LogP contribution in [0.15, 0.2) is 0 Å². The first-order valence-electron chi connectivity index (χ1n) is 5.09. The molecule has 1 aliphatic heterocycles. The molecular weight excluding hydrogens is 200 g/mol. The van der Waals surface area contributed by atoms with Crippen LogP contribution in [0.2, 0.25) is 0 Å². The minimum Gasteiger partial charge on any atom is -0.469 e. The monoisotopic (exact) mass is 218 g/mol. The molecule has 0 aliphatic carbocycles. The second-order valence-electron chi connectivity index (χ2n) is 3.39. The van der Waals surface area contributed by atoms with E-state index in [-0.39, 0.29) is 5.97 Å². The quantitative estimate of drug-likeness (QED) is 0.503. The number of carbonyl (C=O) groups is 1. The van der Waals surface area contributed by atoms with Crippen molar-refractivity contribution in [3.05, 3.63) is 0 Å². The lowest BCUT2D eigenvalue weighted by Gasteiger charge is -2.07. The SMILES string of the molecule is COC(=O)CCCSCC1CCCO1. The predicted octanol–water partition coefficient (Wildman–Crippen LogP) is 1.85. The van der Waals surface area contributed by atoms with E-state index in [1.807, 2.05) is 11.8 Å². The van der Waals surface area contributed by atoms with Gasteiger partial charge < -0.3 is 9.47 Å². The summed E-state index contributed by atoms with van der Waals surface area (Å²) in [5.41, 5.74) is 0. The van der Waals surface area contributed by atoms with Gasteiger partial charge >= 0.3 is 5.97 Å². The first-order valence-corrected chi connectivity index (χ1v) is 6.24. The number of carbonyl (C=O) groups excluding carboxylic acids is 1. The fourth-order valence-corrected chi connectivity index (χ4v) is 2.45. The Kier molecular flexibility index (Phi) is 6.03. The molecule has 0 radical (unpaired) electrons. The van der Waals surface area contributed by atoms with Crippen molar-refractivity contribution in [3.8, 4) is 0 Å². The lowest BCUT2D eigenvalue weighted by atomic mass is 10.3. The molecule has 0 aromatic heterocycles. The fourth-order valence-electron chi connectivity index (χ4n) is 1.41. The highest BCUT2D eigenvalue weighted by molar-refractivity contribution is 7.99. The van der Waals surface area contributed by atoms with Gasteiger partial charge in [-0.05, 0) is 25.0 Å². The average Bonchev–Trinajstić information content (AvgIpc) is 2.69. The van der Waals surface area contributed by atoms with Crippen molar-refractivity contribution in [1.29, 1.82) is 0 Å². The van der Waals surface area contributed by atoms with Crippen molar-refractivity contribution in [2.45, 2.75) is 31.8 Å². The number of hydrogen-bond donors (Lipinski definition) is 0. The van der Waals surface area contributed by atoms with Gasteiger partial charge in [-0.2, -0.15) is 11.8 Å². The Morgan fingerprint density at radius 1 is 1.64 bits per heavy atom. The molecule has 4 heteroatoms. The predicted molar refractivity (Wildman–Crippen MR) is 57.5 cm³/mol. The molecule has 0 spiro atoms. The van der Waals surface area contributed by atoms with Crippen LogP contribution in [0.5, 0.6) is 0 Å². The van der Waals surface area contributed by atoms with Crippen LogP contribution in [-0.4, -0.2) is 37.3 Å². The maximum atomic E-state index is 10.8. The van der Waals surface area contributed by atoms with Crippen molar-refractivity contribution in [3.63, 3.8) is 0 Å². The maximum Gasteiger partial charge on any atom is 0.305 e. The smallest absolute Gasteiger partial charge is 0.305 e. The molecule has 0 aromatic rings. The summed E-state index contributed by atoms with van der Waals surface area (Å²) < 4.78 is 10.0. The largest absolute Gasteiger partial charge is 0.469 e. The topological polar surface area (TPSA) is 35.5 Å². The van der Waals surface area contributed by atoms with E-state index in [2.05, 4.69) is 4.74 Å². The van der Waals surface area contributed by atoms with Gasteiger partial charge in [-0.3, -0.25) is 4.79 Å². The van der Waals surface area contributed by atoms with Crippen molar-refractivity contribution < 1.29 is 14.3 Å². The number of ether oxygens (including phenoxy) is 2. The van der Waals surface area contributed by atoms with Gasteiger partial charge in [0, 0.05) is 18.8 Å². The molecule has 1 heterocycles. The highest BCUT2D eigenvalue weighted by atomic mass is 32.2. The minimum atomic E-state index is -0.109. The number of hydrogen-bond acceptors (Lipinski definition) is 4. The van der Waals surface area contributed by atoms with Gasteiger partial charge in [0.05, 0.1) is 13.2 Å². The Morgan fingerprint density at radius 2 is 2.50 bits per heavy atom. The Labute approximate surface area is 89.5 Å². The molecule has 0 amide bonds. The van der Waals surface area contributed by atoms with E-state index in [1.165, 1.54) is 20.0 Å². The van der Waals surface area contributed by atoms with Crippen molar-refractivity contribution in [2.75, 3.05) is 25.2 Å².